The van der Waals surface area contributed by atoms with Crippen LogP contribution in [0.1, 0.15) is 30.5 Å². The van der Waals surface area contributed by atoms with Gasteiger partial charge in [0.1, 0.15) is 11.6 Å². The molecule has 2 rings (SSSR count). The minimum atomic E-state index is -0.344. The first-order valence-electron chi connectivity index (χ1n) is 7.03. The number of ether oxygens (including phenoxy) is 1. The van der Waals surface area contributed by atoms with E-state index in [4.69, 9.17) is 22.1 Å². The fraction of sp³-hybridized carbons (Fsp3) is 0.294. The molecular formula is C17H19ClFNO. The molecule has 0 aliphatic heterocycles. The molecule has 0 amide bonds. The van der Waals surface area contributed by atoms with Gasteiger partial charge in [-0.05, 0) is 36.6 Å². The highest BCUT2D eigenvalue weighted by molar-refractivity contribution is 6.31. The molecule has 0 saturated heterocycles. The van der Waals surface area contributed by atoms with Gasteiger partial charge in [0.05, 0.1) is 6.61 Å². The van der Waals surface area contributed by atoms with Crippen molar-refractivity contribution in [2.45, 2.75) is 25.8 Å². The summed E-state index contributed by atoms with van der Waals surface area (Å²) >= 11 is 6.06. The molecule has 0 saturated carbocycles. The summed E-state index contributed by atoms with van der Waals surface area (Å²) in [6, 6.07) is 11.8. The summed E-state index contributed by atoms with van der Waals surface area (Å²) < 4.78 is 18.8. The van der Waals surface area contributed by atoms with Crippen LogP contribution in [0.5, 0.6) is 5.75 Å². The van der Waals surface area contributed by atoms with Crippen LogP contribution in [-0.2, 0) is 6.42 Å². The SMILES string of the molecule is CCCOc1ccccc1C(N)Cc1ccc(F)cc1Cl. The van der Waals surface area contributed by atoms with E-state index in [9.17, 15) is 4.39 Å². The second-order valence-electron chi connectivity index (χ2n) is 4.93. The van der Waals surface area contributed by atoms with Crippen LogP contribution in [-0.4, -0.2) is 6.61 Å². The Morgan fingerprint density at radius 1 is 1.24 bits per heavy atom. The van der Waals surface area contributed by atoms with Gasteiger partial charge in [0, 0.05) is 16.6 Å². The molecular weight excluding hydrogens is 289 g/mol. The third-order valence-corrected chi connectivity index (χ3v) is 3.59. The molecule has 0 aliphatic carbocycles. The van der Waals surface area contributed by atoms with Crippen LogP contribution in [0.15, 0.2) is 42.5 Å². The minimum absolute atomic E-state index is 0.249. The number of halogens is 2. The molecule has 2 aromatic carbocycles. The van der Waals surface area contributed by atoms with E-state index in [-0.39, 0.29) is 11.9 Å². The molecule has 0 heterocycles. The number of rotatable bonds is 6. The maximum Gasteiger partial charge on any atom is 0.124 e. The average Bonchev–Trinajstić information content (AvgIpc) is 2.48. The monoisotopic (exact) mass is 307 g/mol. The second-order valence-corrected chi connectivity index (χ2v) is 5.34. The smallest absolute Gasteiger partial charge is 0.124 e. The Hall–Kier alpha value is -1.58. The molecule has 2 N–H and O–H groups in total. The van der Waals surface area contributed by atoms with E-state index in [0.29, 0.717) is 18.1 Å². The molecule has 1 unspecified atom stereocenters. The summed E-state index contributed by atoms with van der Waals surface area (Å²) in [5.41, 5.74) is 8.04. The fourth-order valence-corrected chi connectivity index (χ4v) is 2.41. The van der Waals surface area contributed by atoms with Gasteiger partial charge in [-0.1, -0.05) is 42.8 Å². The Labute approximate surface area is 129 Å². The van der Waals surface area contributed by atoms with E-state index >= 15 is 0 Å². The Morgan fingerprint density at radius 2 is 2.00 bits per heavy atom. The van der Waals surface area contributed by atoms with Crippen molar-refractivity contribution in [2.24, 2.45) is 5.73 Å². The van der Waals surface area contributed by atoms with Crippen molar-refractivity contribution < 1.29 is 9.13 Å². The van der Waals surface area contributed by atoms with Crippen molar-refractivity contribution in [2.75, 3.05) is 6.61 Å². The fourth-order valence-electron chi connectivity index (χ4n) is 2.16. The molecule has 21 heavy (non-hydrogen) atoms. The Morgan fingerprint density at radius 3 is 2.71 bits per heavy atom. The van der Waals surface area contributed by atoms with Gasteiger partial charge in [-0.3, -0.25) is 0 Å². The summed E-state index contributed by atoms with van der Waals surface area (Å²) in [6.45, 7) is 2.71. The quantitative estimate of drug-likeness (QED) is 0.852. The lowest BCUT2D eigenvalue weighted by Gasteiger charge is -2.17. The summed E-state index contributed by atoms with van der Waals surface area (Å²) in [6.07, 6.45) is 1.47. The van der Waals surface area contributed by atoms with Gasteiger partial charge in [0.2, 0.25) is 0 Å². The van der Waals surface area contributed by atoms with Crippen LogP contribution in [0.4, 0.5) is 4.39 Å². The largest absolute Gasteiger partial charge is 0.493 e. The molecule has 2 aromatic rings. The highest BCUT2D eigenvalue weighted by Gasteiger charge is 2.14. The zero-order chi connectivity index (χ0) is 15.2. The first-order valence-corrected chi connectivity index (χ1v) is 7.41. The third-order valence-electron chi connectivity index (χ3n) is 3.24. The second kappa shape index (κ2) is 7.43. The zero-order valence-corrected chi connectivity index (χ0v) is 12.7. The van der Waals surface area contributed by atoms with Gasteiger partial charge in [-0.15, -0.1) is 0 Å². The topological polar surface area (TPSA) is 35.2 Å². The van der Waals surface area contributed by atoms with E-state index in [1.165, 1.54) is 12.1 Å². The maximum atomic E-state index is 13.1. The minimum Gasteiger partial charge on any atom is -0.493 e. The molecule has 2 nitrogen and oxygen atoms in total. The number of hydrogen-bond donors (Lipinski definition) is 1. The molecule has 0 aromatic heterocycles. The van der Waals surface area contributed by atoms with Gasteiger partial charge in [-0.25, -0.2) is 4.39 Å². The summed E-state index contributed by atoms with van der Waals surface area (Å²) in [7, 11) is 0. The van der Waals surface area contributed by atoms with Crippen molar-refractivity contribution >= 4 is 11.6 Å². The van der Waals surface area contributed by atoms with Crippen LogP contribution >= 0.6 is 11.6 Å². The third kappa shape index (κ3) is 4.19. The van der Waals surface area contributed by atoms with E-state index in [1.807, 2.05) is 24.3 Å². The average molecular weight is 308 g/mol. The van der Waals surface area contributed by atoms with Crippen LogP contribution in [0.2, 0.25) is 5.02 Å². The lowest BCUT2D eigenvalue weighted by atomic mass is 9.99. The van der Waals surface area contributed by atoms with Crippen molar-refractivity contribution in [1.82, 2.24) is 0 Å². The molecule has 0 spiro atoms. The molecule has 0 fully saturated rings. The molecule has 0 aliphatic rings. The molecule has 1 atom stereocenters. The predicted molar refractivity (Wildman–Crippen MR) is 84.3 cm³/mol. The van der Waals surface area contributed by atoms with Crippen molar-refractivity contribution in [3.63, 3.8) is 0 Å². The predicted octanol–water partition coefficient (Wildman–Crippen LogP) is 4.51. The highest BCUT2D eigenvalue weighted by atomic mass is 35.5. The van der Waals surface area contributed by atoms with Gasteiger partial charge in [0.15, 0.2) is 0 Å². The molecule has 4 heteroatoms. The first-order chi connectivity index (χ1) is 10.1. The van der Waals surface area contributed by atoms with Crippen molar-refractivity contribution in [3.05, 3.63) is 64.4 Å². The molecule has 0 radical (unpaired) electrons. The molecule has 112 valence electrons. The lowest BCUT2D eigenvalue weighted by Crippen LogP contribution is -2.15. The van der Waals surface area contributed by atoms with Crippen LogP contribution < -0.4 is 10.5 Å². The first kappa shape index (κ1) is 15.8. The highest BCUT2D eigenvalue weighted by Crippen LogP contribution is 2.28. The van der Waals surface area contributed by atoms with Gasteiger partial charge >= 0.3 is 0 Å². The standard InChI is InChI=1S/C17H19ClFNO/c1-2-9-21-17-6-4-3-5-14(17)16(20)10-12-7-8-13(19)11-15(12)18/h3-8,11,16H,2,9-10,20H2,1H3. The number of nitrogens with two attached hydrogens (primary N) is 1. The van der Waals surface area contributed by atoms with Crippen LogP contribution in [0, 0.1) is 5.82 Å². The van der Waals surface area contributed by atoms with Gasteiger partial charge < -0.3 is 10.5 Å². The van der Waals surface area contributed by atoms with E-state index in [0.717, 1.165) is 23.3 Å². The number of hydrogen-bond acceptors (Lipinski definition) is 2. The summed E-state index contributed by atoms with van der Waals surface area (Å²) in [5, 5.41) is 0.400. The Balaban J connectivity index is 2.18. The lowest BCUT2D eigenvalue weighted by molar-refractivity contribution is 0.312. The van der Waals surface area contributed by atoms with Crippen molar-refractivity contribution in [3.8, 4) is 5.75 Å². The van der Waals surface area contributed by atoms with Gasteiger partial charge in [0.25, 0.3) is 0 Å². The van der Waals surface area contributed by atoms with Crippen LogP contribution in [0.25, 0.3) is 0 Å². The number of para-hydroxylation sites is 1. The number of benzene rings is 2. The summed E-state index contributed by atoms with van der Waals surface area (Å²) in [4.78, 5) is 0. The van der Waals surface area contributed by atoms with Crippen molar-refractivity contribution in [1.29, 1.82) is 0 Å². The Bertz CT molecular complexity index is 603. The van der Waals surface area contributed by atoms with Gasteiger partial charge in [-0.2, -0.15) is 0 Å². The van der Waals surface area contributed by atoms with Crippen LogP contribution in [0.3, 0.4) is 0 Å². The van der Waals surface area contributed by atoms with E-state index < -0.39 is 0 Å². The molecule has 0 bridgehead atoms. The van der Waals surface area contributed by atoms with E-state index in [1.54, 1.807) is 6.07 Å². The zero-order valence-electron chi connectivity index (χ0n) is 12.0. The Kier molecular flexibility index (Phi) is 5.59. The normalized spacial score (nSPS) is 12.2. The summed E-state index contributed by atoms with van der Waals surface area (Å²) in [5.74, 6) is 0.453. The van der Waals surface area contributed by atoms with E-state index in [2.05, 4.69) is 6.92 Å². The maximum absolute atomic E-state index is 13.1.